The predicted molar refractivity (Wildman–Crippen MR) is 108 cm³/mol. The van der Waals surface area contributed by atoms with Gasteiger partial charge in [-0.15, -0.1) is 13.2 Å². The summed E-state index contributed by atoms with van der Waals surface area (Å²) in [5.74, 6) is -0.396. The van der Waals surface area contributed by atoms with Crippen LogP contribution in [0, 0.1) is 0 Å². The molecular weight excluding hydrogens is 460 g/mol. The molecule has 0 spiro atoms. The lowest BCUT2D eigenvalue weighted by Gasteiger charge is -2.36. The van der Waals surface area contributed by atoms with Gasteiger partial charge < -0.3 is 4.74 Å². The molecule has 2 aromatic rings. The van der Waals surface area contributed by atoms with Crippen molar-refractivity contribution in [3.63, 3.8) is 0 Å². The molecular formula is C20H17F6N3O2S. The van der Waals surface area contributed by atoms with Gasteiger partial charge in [0.25, 0.3) is 0 Å². The quantitative estimate of drug-likeness (QED) is 0.495. The van der Waals surface area contributed by atoms with Crippen LogP contribution in [0.15, 0.2) is 59.6 Å². The summed E-state index contributed by atoms with van der Waals surface area (Å²) < 4.78 is 80.0. The third kappa shape index (κ3) is 6.09. The number of benzene rings is 2. The fourth-order valence-electron chi connectivity index (χ4n) is 2.74. The Morgan fingerprint density at radius 2 is 1.66 bits per heavy atom. The maximum Gasteiger partial charge on any atom is 0.573 e. The summed E-state index contributed by atoms with van der Waals surface area (Å²) in [6, 6.07) is 10.6. The Bertz CT molecular complexity index is 964. The van der Waals surface area contributed by atoms with Gasteiger partial charge in [-0.3, -0.25) is 9.80 Å². The van der Waals surface area contributed by atoms with E-state index in [0.29, 0.717) is 11.3 Å². The van der Waals surface area contributed by atoms with E-state index >= 15 is 0 Å². The number of hydrogen-bond donors (Lipinski definition) is 0. The summed E-state index contributed by atoms with van der Waals surface area (Å²) in [4.78, 5) is 19.3. The third-order valence-corrected chi connectivity index (χ3v) is 5.33. The first-order chi connectivity index (χ1) is 14.9. The van der Waals surface area contributed by atoms with Crippen LogP contribution in [-0.2, 0) is 6.54 Å². The van der Waals surface area contributed by atoms with Crippen LogP contribution in [0.2, 0.25) is 0 Å². The summed E-state index contributed by atoms with van der Waals surface area (Å²) in [6.45, 7) is 0.688. The predicted octanol–water partition coefficient (Wildman–Crippen LogP) is 6.02. The highest BCUT2D eigenvalue weighted by molar-refractivity contribution is 8.14. The Morgan fingerprint density at radius 3 is 2.22 bits per heavy atom. The molecule has 1 fully saturated rings. The number of rotatable bonds is 5. The lowest BCUT2D eigenvalue weighted by Crippen LogP contribution is -2.50. The van der Waals surface area contributed by atoms with Crippen molar-refractivity contribution in [2.75, 3.05) is 10.8 Å². The minimum atomic E-state index is -4.86. The first kappa shape index (κ1) is 23.8. The molecule has 12 heteroatoms. The zero-order valence-electron chi connectivity index (χ0n) is 16.5. The highest BCUT2D eigenvalue weighted by Crippen LogP contribution is 2.31. The fourth-order valence-corrected chi connectivity index (χ4v) is 3.77. The number of aliphatic imine (C=N–C) groups is 1. The first-order valence-electron chi connectivity index (χ1n) is 9.20. The Labute approximate surface area is 183 Å². The Kier molecular flexibility index (Phi) is 6.91. The van der Waals surface area contributed by atoms with Crippen LogP contribution < -0.4 is 9.64 Å². The second-order valence-corrected chi connectivity index (χ2v) is 7.64. The van der Waals surface area contributed by atoms with E-state index in [1.165, 1.54) is 17.0 Å². The van der Waals surface area contributed by atoms with Crippen molar-refractivity contribution in [2.24, 2.45) is 4.99 Å². The van der Waals surface area contributed by atoms with Gasteiger partial charge >= 0.3 is 18.6 Å². The number of para-hydroxylation sites is 1. The van der Waals surface area contributed by atoms with Gasteiger partial charge in [0.1, 0.15) is 11.8 Å². The second kappa shape index (κ2) is 9.31. The Morgan fingerprint density at radius 1 is 1.03 bits per heavy atom. The zero-order valence-corrected chi connectivity index (χ0v) is 17.3. The molecule has 172 valence electrons. The van der Waals surface area contributed by atoms with Gasteiger partial charge in [0, 0.05) is 5.69 Å². The number of nitrogens with zero attached hydrogens (tertiary/aromatic N) is 3. The number of carbonyl (C=O) groups excluding carboxylic acids is 1. The topological polar surface area (TPSA) is 45.1 Å². The van der Waals surface area contributed by atoms with E-state index in [2.05, 4.69) is 9.73 Å². The van der Waals surface area contributed by atoms with Crippen LogP contribution >= 0.6 is 11.8 Å². The van der Waals surface area contributed by atoms with Gasteiger partial charge in [-0.05, 0) is 36.8 Å². The minimum Gasteiger partial charge on any atom is -0.406 e. The lowest BCUT2D eigenvalue weighted by atomic mass is 10.2. The van der Waals surface area contributed by atoms with Crippen LogP contribution in [0.3, 0.4) is 0 Å². The summed E-state index contributed by atoms with van der Waals surface area (Å²) >= 11 is 0.960. The largest absolute Gasteiger partial charge is 0.573 e. The maximum absolute atomic E-state index is 13.1. The average Bonchev–Trinajstić information content (AvgIpc) is 2.71. The number of carbonyl (C=O) groups is 1. The first-order valence-corrected chi connectivity index (χ1v) is 10.2. The maximum atomic E-state index is 13.1. The van der Waals surface area contributed by atoms with E-state index in [-0.39, 0.29) is 17.6 Å². The number of thioether (sulfide) groups is 1. The third-order valence-electron chi connectivity index (χ3n) is 4.36. The van der Waals surface area contributed by atoms with Crippen molar-refractivity contribution in [1.29, 1.82) is 0 Å². The van der Waals surface area contributed by atoms with Gasteiger partial charge in [0.2, 0.25) is 0 Å². The standard InChI is InChI=1S/C20H17F6N3O2S/c1-13(19(21,22)23)27-17-28(11-14-7-9-16(10-8-14)31-20(24,25)26)18(30)29(12-32-17)15-5-3-2-4-6-15/h2-10,13H,11-12H2,1H3/b27-17-. The second-order valence-electron chi connectivity index (χ2n) is 6.73. The number of amides is 2. The van der Waals surface area contributed by atoms with Gasteiger partial charge in [-0.25, -0.2) is 9.79 Å². The summed E-state index contributed by atoms with van der Waals surface area (Å²) in [5, 5.41) is -0.123. The summed E-state index contributed by atoms with van der Waals surface area (Å²) in [7, 11) is 0. The highest BCUT2D eigenvalue weighted by atomic mass is 32.2. The van der Waals surface area contributed by atoms with Crippen molar-refractivity contribution < 1.29 is 35.9 Å². The molecule has 1 heterocycles. The number of urea groups is 1. The highest BCUT2D eigenvalue weighted by Gasteiger charge is 2.39. The van der Waals surface area contributed by atoms with Gasteiger partial charge in [-0.1, -0.05) is 42.1 Å². The van der Waals surface area contributed by atoms with E-state index in [4.69, 9.17) is 0 Å². The molecule has 3 rings (SSSR count). The molecule has 0 bridgehead atoms. The van der Waals surface area contributed by atoms with Crippen LogP contribution in [0.1, 0.15) is 12.5 Å². The normalized spacial score (nSPS) is 17.6. The van der Waals surface area contributed by atoms with Crippen molar-refractivity contribution in [2.45, 2.75) is 32.0 Å². The molecule has 32 heavy (non-hydrogen) atoms. The summed E-state index contributed by atoms with van der Waals surface area (Å²) in [6.07, 6.45) is -9.44. The number of alkyl halides is 6. The molecule has 1 saturated heterocycles. The molecule has 5 nitrogen and oxygen atoms in total. The monoisotopic (exact) mass is 477 g/mol. The van der Waals surface area contributed by atoms with E-state index in [1.54, 1.807) is 30.3 Å². The molecule has 1 atom stereocenters. The van der Waals surface area contributed by atoms with Crippen LogP contribution in [-0.4, -0.2) is 40.6 Å². The van der Waals surface area contributed by atoms with Crippen LogP contribution in [0.5, 0.6) is 5.75 Å². The van der Waals surface area contributed by atoms with E-state index in [0.717, 1.165) is 35.7 Å². The number of amidine groups is 1. The molecule has 2 aromatic carbocycles. The summed E-state index contributed by atoms with van der Waals surface area (Å²) in [5.41, 5.74) is 0.933. The zero-order chi connectivity index (χ0) is 23.5. The molecule has 2 amide bonds. The van der Waals surface area contributed by atoms with Crippen molar-refractivity contribution in [1.82, 2.24) is 4.90 Å². The SMILES string of the molecule is CC(/N=C1\SCN(c2ccccc2)C(=O)N1Cc1ccc(OC(F)(F)F)cc1)C(F)(F)F. The molecule has 0 aliphatic carbocycles. The Balaban J connectivity index is 1.88. The molecule has 0 radical (unpaired) electrons. The molecule has 1 aliphatic rings. The smallest absolute Gasteiger partial charge is 0.406 e. The van der Waals surface area contributed by atoms with E-state index in [1.807, 2.05) is 0 Å². The van der Waals surface area contributed by atoms with Crippen LogP contribution in [0.25, 0.3) is 0 Å². The number of anilines is 1. The molecule has 0 saturated carbocycles. The number of hydrogen-bond acceptors (Lipinski definition) is 4. The van der Waals surface area contributed by atoms with Crippen molar-refractivity contribution >= 4 is 28.6 Å². The van der Waals surface area contributed by atoms with Gasteiger partial charge in [0.15, 0.2) is 5.17 Å². The number of halogens is 6. The van der Waals surface area contributed by atoms with E-state index < -0.39 is 30.4 Å². The minimum absolute atomic E-state index is 0.0567. The van der Waals surface area contributed by atoms with E-state index in [9.17, 15) is 31.1 Å². The van der Waals surface area contributed by atoms with Crippen LogP contribution in [0.4, 0.5) is 36.8 Å². The molecule has 1 unspecified atom stereocenters. The lowest BCUT2D eigenvalue weighted by molar-refractivity contribution is -0.274. The number of ether oxygens (including phenoxy) is 1. The Hall–Kier alpha value is -2.89. The molecule has 0 aromatic heterocycles. The van der Waals surface area contributed by atoms with Crippen molar-refractivity contribution in [3.05, 3.63) is 60.2 Å². The average molecular weight is 477 g/mol. The van der Waals surface area contributed by atoms with Gasteiger partial charge in [-0.2, -0.15) is 13.2 Å². The van der Waals surface area contributed by atoms with Gasteiger partial charge in [0.05, 0.1) is 12.4 Å². The molecule has 0 N–H and O–H groups in total. The van der Waals surface area contributed by atoms with Crippen molar-refractivity contribution in [3.8, 4) is 5.75 Å². The fraction of sp³-hybridized carbons (Fsp3) is 0.300. The molecule has 1 aliphatic heterocycles.